The topological polar surface area (TPSA) is 52.0 Å². The third kappa shape index (κ3) is 2.84. The molecule has 1 aliphatic heterocycles. The van der Waals surface area contributed by atoms with Gasteiger partial charge in [0.15, 0.2) is 0 Å². The van der Waals surface area contributed by atoms with Crippen LogP contribution in [0.2, 0.25) is 0 Å². The van der Waals surface area contributed by atoms with Crippen molar-refractivity contribution in [3.05, 3.63) is 11.6 Å². The minimum Gasteiger partial charge on any atom is -0.378 e. The van der Waals surface area contributed by atoms with Gasteiger partial charge >= 0.3 is 0 Å². The van der Waals surface area contributed by atoms with Crippen LogP contribution >= 0.6 is 0 Å². The number of nitrogens with zero attached hydrogens (tertiary/aromatic N) is 3. The first-order valence-electron chi connectivity index (χ1n) is 6.39. The van der Waals surface area contributed by atoms with Gasteiger partial charge in [-0.3, -0.25) is 0 Å². The second kappa shape index (κ2) is 5.60. The summed E-state index contributed by atoms with van der Waals surface area (Å²) in [5.74, 6) is 2.60. The number of aromatic nitrogens is 3. The highest BCUT2D eigenvalue weighted by Gasteiger charge is 2.26. The average molecular weight is 238 g/mol. The third-order valence-corrected chi connectivity index (χ3v) is 3.62. The molecule has 1 aromatic rings. The molecule has 0 saturated carbocycles. The van der Waals surface area contributed by atoms with E-state index in [9.17, 15) is 0 Å². The maximum Gasteiger partial charge on any atom is 0.146 e. The fraction of sp³-hybridized carbons (Fsp3) is 0.833. The van der Waals surface area contributed by atoms with Crippen molar-refractivity contribution in [2.24, 2.45) is 13.0 Å². The molecule has 0 amide bonds. The Bertz CT molecular complexity index is 363. The van der Waals surface area contributed by atoms with Gasteiger partial charge in [-0.05, 0) is 25.7 Å². The molecular weight excluding hydrogens is 216 g/mol. The summed E-state index contributed by atoms with van der Waals surface area (Å²) < 4.78 is 7.70. The molecule has 1 aliphatic rings. The van der Waals surface area contributed by atoms with E-state index in [0.717, 1.165) is 37.8 Å². The van der Waals surface area contributed by atoms with Crippen LogP contribution < -0.4 is 5.32 Å². The zero-order chi connectivity index (χ0) is 12.3. The monoisotopic (exact) mass is 238 g/mol. The van der Waals surface area contributed by atoms with Crippen LogP contribution in [-0.2, 0) is 18.3 Å². The molecule has 2 heterocycles. The number of hydrogen-bond acceptors (Lipinski definition) is 4. The molecule has 5 heteroatoms. The molecule has 0 spiro atoms. The van der Waals surface area contributed by atoms with Crippen LogP contribution in [0.5, 0.6) is 0 Å². The average Bonchev–Trinajstić information content (AvgIpc) is 2.90. The van der Waals surface area contributed by atoms with Crippen LogP contribution in [0.15, 0.2) is 0 Å². The molecule has 0 aromatic carbocycles. The SMILES string of the molecule is CCC1OCCC1CNCc1nnc(C)n1C. The first-order valence-corrected chi connectivity index (χ1v) is 6.39. The van der Waals surface area contributed by atoms with Gasteiger partial charge in [-0.1, -0.05) is 6.92 Å². The molecular formula is C12H22N4O. The lowest BCUT2D eigenvalue weighted by Gasteiger charge is -2.17. The lowest BCUT2D eigenvalue weighted by Crippen LogP contribution is -2.28. The molecule has 2 unspecified atom stereocenters. The summed E-state index contributed by atoms with van der Waals surface area (Å²) >= 11 is 0. The first kappa shape index (κ1) is 12.5. The van der Waals surface area contributed by atoms with Crippen molar-refractivity contribution in [3.63, 3.8) is 0 Å². The van der Waals surface area contributed by atoms with Crippen molar-refractivity contribution in [1.82, 2.24) is 20.1 Å². The van der Waals surface area contributed by atoms with E-state index in [4.69, 9.17) is 4.74 Å². The van der Waals surface area contributed by atoms with Gasteiger partial charge in [0.25, 0.3) is 0 Å². The molecule has 1 fully saturated rings. The number of aryl methyl sites for hydroxylation is 1. The molecule has 96 valence electrons. The summed E-state index contributed by atoms with van der Waals surface area (Å²) in [4.78, 5) is 0. The summed E-state index contributed by atoms with van der Waals surface area (Å²) in [6.07, 6.45) is 2.71. The van der Waals surface area contributed by atoms with E-state index in [-0.39, 0.29) is 0 Å². The van der Waals surface area contributed by atoms with Gasteiger partial charge in [0.2, 0.25) is 0 Å². The van der Waals surface area contributed by atoms with E-state index in [1.54, 1.807) is 0 Å². The Hall–Kier alpha value is -0.940. The fourth-order valence-electron chi connectivity index (χ4n) is 2.35. The molecule has 1 saturated heterocycles. The smallest absolute Gasteiger partial charge is 0.146 e. The van der Waals surface area contributed by atoms with Crippen LogP contribution in [-0.4, -0.2) is 34.0 Å². The Morgan fingerprint density at radius 3 is 2.94 bits per heavy atom. The summed E-state index contributed by atoms with van der Waals surface area (Å²) in [5, 5.41) is 11.6. The second-order valence-corrected chi connectivity index (χ2v) is 4.72. The molecule has 2 rings (SSSR count). The summed E-state index contributed by atoms with van der Waals surface area (Å²) in [6, 6.07) is 0. The molecule has 0 bridgehead atoms. The van der Waals surface area contributed by atoms with Gasteiger partial charge in [-0.15, -0.1) is 10.2 Å². The Kier molecular flexibility index (Phi) is 4.12. The van der Waals surface area contributed by atoms with Crippen LogP contribution in [0, 0.1) is 12.8 Å². The van der Waals surface area contributed by atoms with Crippen molar-refractivity contribution >= 4 is 0 Å². The fourth-order valence-corrected chi connectivity index (χ4v) is 2.35. The molecule has 1 aromatic heterocycles. The van der Waals surface area contributed by atoms with E-state index in [1.165, 1.54) is 6.42 Å². The van der Waals surface area contributed by atoms with Crippen molar-refractivity contribution in [2.75, 3.05) is 13.2 Å². The minimum atomic E-state index is 0.434. The lowest BCUT2D eigenvalue weighted by molar-refractivity contribution is 0.0871. The molecule has 1 N–H and O–H groups in total. The van der Waals surface area contributed by atoms with Crippen LogP contribution in [0.3, 0.4) is 0 Å². The Morgan fingerprint density at radius 1 is 1.47 bits per heavy atom. The Labute approximate surface area is 103 Å². The largest absolute Gasteiger partial charge is 0.378 e. The zero-order valence-electron chi connectivity index (χ0n) is 10.9. The molecule has 2 atom stereocenters. The van der Waals surface area contributed by atoms with Crippen LogP contribution in [0.1, 0.15) is 31.4 Å². The van der Waals surface area contributed by atoms with Crippen molar-refractivity contribution in [2.45, 2.75) is 39.3 Å². The van der Waals surface area contributed by atoms with E-state index < -0.39 is 0 Å². The highest BCUT2D eigenvalue weighted by Crippen LogP contribution is 2.22. The summed E-state index contributed by atoms with van der Waals surface area (Å²) in [5.41, 5.74) is 0. The molecule has 5 nitrogen and oxygen atoms in total. The first-order chi connectivity index (χ1) is 8.22. The third-order valence-electron chi connectivity index (χ3n) is 3.62. The number of hydrogen-bond donors (Lipinski definition) is 1. The lowest BCUT2D eigenvalue weighted by atomic mass is 10.00. The standard InChI is InChI=1S/C12H22N4O/c1-4-11-10(5-6-17-11)7-13-8-12-15-14-9(2)16(12)3/h10-11,13H,4-8H2,1-3H3. The van der Waals surface area contributed by atoms with Gasteiger partial charge in [-0.25, -0.2) is 0 Å². The zero-order valence-corrected chi connectivity index (χ0v) is 10.9. The normalized spacial score (nSPS) is 24.4. The molecule has 17 heavy (non-hydrogen) atoms. The molecule has 0 aliphatic carbocycles. The minimum absolute atomic E-state index is 0.434. The highest BCUT2D eigenvalue weighted by atomic mass is 16.5. The predicted octanol–water partition coefficient (Wildman–Crippen LogP) is 1.03. The van der Waals surface area contributed by atoms with Crippen molar-refractivity contribution in [3.8, 4) is 0 Å². The van der Waals surface area contributed by atoms with Crippen LogP contribution in [0.25, 0.3) is 0 Å². The Balaban J connectivity index is 1.78. The number of rotatable bonds is 5. The van der Waals surface area contributed by atoms with E-state index in [1.807, 2.05) is 18.5 Å². The van der Waals surface area contributed by atoms with Crippen LogP contribution in [0.4, 0.5) is 0 Å². The Morgan fingerprint density at radius 2 is 2.29 bits per heavy atom. The highest BCUT2D eigenvalue weighted by molar-refractivity contribution is 4.92. The quantitative estimate of drug-likeness (QED) is 0.832. The predicted molar refractivity (Wildman–Crippen MR) is 65.6 cm³/mol. The van der Waals surface area contributed by atoms with Gasteiger partial charge in [0.1, 0.15) is 11.6 Å². The van der Waals surface area contributed by atoms with E-state index in [2.05, 4.69) is 22.4 Å². The van der Waals surface area contributed by atoms with Gasteiger partial charge in [-0.2, -0.15) is 0 Å². The van der Waals surface area contributed by atoms with E-state index >= 15 is 0 Å². The van der Waals surface area contributed by atoms with Crippen molar-refractivity contribution < 1.29 is 4.74 Å². The van der Waals surface area contributed by atoms with Crippen molar-refractivity contribution in [1.29, 1.82) is 0 Å². The summed E-state index contributed by atoms with van der Waals surface area (Å²) in [7, 11) is 2.00. The van der Waals surface area contributed by atoms with Gasteiger partial charge in [0, 0.05) is 20.2 Å². The molecule has 0 radical (unpaired) electrons. The van der Waals surface area contributed by atoms with Gasteiger partial charge < -0.3 is 14.6 Å². The number of ether oxygens (including phenoxy) is 1. The van der Waals surface area contributed by atoms with Gasteiger partial charge in [0.05, 0.1) is 12.6 Å². The van der Waals surface area contributed by atoms with E-state index in [0.29, 0.717) is 12.0 Å². The summed E-state index contributed by atoms with van der Waals surface area (Å²) in [6.45, 7) is 6.85. The maximum absolute atomic E-state index is 5.67. The second-order valence-electron chi connectivity index (χ2n) is 4.72. The maximum atomic E-state index is 5.67. The number of nitrogens with one attached hydrogen (secondary N) is 1.